The first-order valence-electron chi connectivity index (χ1n) is 10.9. The maximum absolute atomic E-state index is 13.8. The molecule has 2 aromatic carbocycles. The fraction of sp³-hybridized carbons (Fsp3) is 0.111. The van der Waals surface area contributed by atoms with Crippen molar-refractivity contribution >= 4 is 23.1 Å². The van der Waals surface area contributed by atoms with Gasteiger partial charge in [0.05, 0.1) is 17.8 Å². The van der Waals surface area contributed by atoms with Gasteiger partial charge in [0.1, 0.15) is 5.57 Å². The number of pyridine rings is 1. The summed E-state index contributed by atoms with van der Waals surface area (Å²) >= 11 is 0. The van der Waals surface area contributed by atoms with E-state index in [1.807, 2.05) is 79.7 Å². The van der Waals surface area contributed by atoms with E-state index in [2.05, 4.69) is 5.10 Å². The second kappa shape index (κ2) is 8.44. The second-order valence-electron chi connectivity index (χ2n) is 8.28. The Morgan fingerprint density at radius 3 is 2.09 bits per heavy atom. The quantitative estimate of drug-likeness (QED) is 0.374. The third kappa shape index (κ3) is 3.57. The molecule has 1 N–H and O–H groups in total. The topological polar surface area (TPSA) is 79.1 Å². The summed E-state index contributed by atoms with van der Waals surface area (Å²) in [5, 5.41) is 3.07. The number of benzene rings is 2. The minimum absolute atomic E-state index is 0.0930. The lowest BCUT2D eigenvalue weighted by Crippen LogP contribution is -2.39. The molecule has 168 valence electrons. The summed E-state index contributed by atoms with van der Waals surface area (Å²) in [7, 11) is 1.60. The van der Waals surface area contributed by atoms with Gasteiger partial charge >= 0.3 is 5.91 Å². The molecule has 3 heterocycles. The third-order valence-corrected chi connectivity index (χ3v) is 5.94. The number of aromatic amines is 1. The van der Waals surface area contributed by atoms with Gasteiger partial charge in [-0.2, -0.15) is 4.57 Å². The predicted octanol–water partition coefficient (Wildman–Crippen LogP) is 2.91. The second-order valence-corrected chi connectivity index (χ2v) is 8.28. The van der Waals surface area contributed by atoms with E-state index in [0.29, 0.717) is 5.69 Å². The van der Waals surface area contributed by atoms with Crippen LogP contribution < -0.4 is 10.1 Å². The Morgan fingerprint density at radius 2 is 1.44 bits per heavy atom. The van der Waals surface area contributed by atoms with Crippen molar-refractivity contribution in [2.45, 2.75) is 13.5 Å². The van der Waals surface area contributed by atoms with Crippen LogP contribution in [0.5, 0.6) is 0 Å². The highest BCUT2D eigenvalue weighted by atomic mass is 16.2. The van der Waals surface area contributed by atoms with Crippen LogP contribution in [-0.2, 0) is 23.2 Å². The molecule has 7 heteroatoms. The van der Waals surface area contributed by atoms with E-state index in [1.165, 1.54) is 9.58 Å². The number of hydrogen-bond donors (Lipinski definition) is 1. The van der Waals surface area contributed by atoms with E-state index in [1.54, 1.807) is 24.0 Å². The van der Waals surface area contributed by atoms with Crippen LogP contribution in [0, 0.1) is 6.92 Å². The van der Waals surface area contributed by atoms with E-state index in [-0.39, 0.29) is 28.9 Å². The van der Waals surface area contributed by atoms with Crippen LogP contribution in [0.25, 0.3) is 22.5 Å². The van der Waals surface area contributed by atoms with Gasteiger partial charge in [-0.15, -0.1) is 0 Å². The van der Waals surface area contributed by atoms with E-state index in [9.17, 15) is 14.4 Å². The molecule has 5 rings (SSSR count). The van der Waals surface area contributed by atoms with Gasteiger partial charge in [-0.05, 0) is 18.1 Å². The fourth-order valence-corrected chi connectivity index (χ4v) is 4.18. The summed E-state index contributed by atoms with van der Waals surface area (Å²) in [5.41, 5.74) is 3.15. The Hall–Kier alpha value is -4.52. The summed E-state index contributed by atoms with van der Waals surface area (Å²) < 4.78 is 2.95. The number of H-pyrrole nitrogens is 1. The molecule has 1 aliphatic rings. The number of nitrogens with one attached hydrogen (secondary N) is 1. The van der Waals surface area contributed by atoms with Crippen molar-refractivity contribution in [1.82, 2.24) is 14.7 Å². The highest BCUT2D eigenvalue weighted by molar-refractivity contribution is 6.45. The molecule has 0 saturated carbocycles. The van der Waals surface area contributed by atoms with Gasteiger partial charge < -0.3 is 0 Å². The Balaban J connectivity index is 1.74. The Bertz CT molecular complexity index is 1480. The first kappa shape index (κ1) is 21.3. The zero-order valence-corrected chi connectivity index (χ0v) is 18.9. The molecule has 0 atom stereocenters. The summed E-state index contributed by atoms with van der Waals surface area (Å²) in [6.07, 6.45) is 3.47. The lowest BCUT2D eigenvalue weighted by molar-refractivity contribution is -0.577. The predicted molar refractivity (Wildman–Crippen MR) is 128 cm³/mol. The molecule has 4 aromatic rings. The van der Waals surface area contributed by atoms with Crippen molar-refractivity contribution in [1.29, 1.82) is 0 Å². The number of aromatic nitrogens is 3. The van der Waals surface area contributed by atoms with Gasteiger partial charge in [0.15, 0.2) is 12.4 Å². The number of aryl methyl sites for hydroxylation is 2. The lowest BCUT2D eigenvalue weighted by atomic mass is 10.0. The van der Waals surface area contributed by atoms with Crippen molar-refractivity contribution in [2.75, 3.05) is 0 Å². The van der Waals surface area contributed by atoms with Crippen LogP contribution in [0.1, 0.15) is 16.7 Å². The number of hydrogen-bond acceptors (Lipinski definition) is 3. The molecule has 2 amide bonds. The highest BCUT2D eigenvalue weighted by Gasteiger charge is 2.47. The van der Waals surface area contributed by atoms with Crippen LogP contribution in [0.2, 0.25) is 0 Å². The molecular formula is C27H23N4O3+. The first-order valence-corrected chi connectivity index (χ1v) is 10.9. The molecule has 2 aromatic heterocycles. The van der Waals surface area contributed by atoms with Gasteiger partial charge in [-0.1, -0.05) is 60.7 Å². The molecule has 0 bridgehead atoms. The number of nitrogens with zero attached hydrogens (tertiary/aromatic N) is 3. The highest BCUT2D eigenvalue weighted by Crippen LogP contribution is 2.34. The Morgan fingerprint density at radius 1 is 0.824 bits per heavy atom. The largest absolute Gasteiger partial charge is 0.327 e. The standard InChI is InChI=1S/C27H22N4O3/c1-18-13-15-30(16-14-18)24-22(26(33)31(27(24)34)17-19-9-5-3-6-10-19)21-23(28-29(2)25(21)32)20-11-7-4-8-12-20/h3-16H,17H2,1-2H3/p+1. The van der Waals surface area contributed by atoms with Crippen LogP contribution in [0.4, 0.5) is 0 Å². The van der Waals surface area contributed by atoms with Crippen LogP contribution in [-0.4, -0.2) is 26.5 Å². The molecule has 0 saturated heterocycles. The van der Waals surface area contributed by atoms with E-state index >= 15 is 0 Å². The van der Waals surface area contributed by atoms with Gasteiger partial charge in [0, 0.05) is 24.7 Å². The summed E-state index contributed by atoms with van der Waals surface area (Å²) in [6.45, 7) is 2.06. The monoisotopic (exact) mass is 451 g/mol. The van der Waals surface area contributed by atoms with Crippen LogP contribution in [0.15, 0.2) is 90.0 Å². The van der Waals surface area contributed by atoms with Gasteiger partial charge in [-0.3, -0.25) is 29.1 Å². The van der Waals surface area contributed by atoms with Crippen molar-refractivity contribution in [3.05, 3.63) is 112 Å². The van der Waals surface area contributed by atoms with Crippen molar-refractivity contribution < 1.29 is 14.2 Å². The van der Waals surface area contributed by atoms with Gasteiger partial charge in [-0.25, -0.2) is 0 Å². The first-order chi connectivity index (χ1) is 16.5. The van der Waals surface area contributed by atoms with Crippen molar-refractivity contribution in [3.63, 3.8) is 0 Å². The van der Waals surface area contributed by atoms with E-state index in [4.69, 9.17) is 0 Å². The Labute approximate surface area is 196 Å². The number of carbonyl (C=O) groups is 2. The smallest absolute Gasteiger partial charge is 0.295 e. The Kier molecular flexibility index (Phi) is 5.30. The normalized spacial score (nSPS) is 13.8. The number of imide groups is 1. The maximum atomic E-state index is 13.8. The molecule has 0 spiro atoms. The van der Waals surface area contributed by atoms with Crippen LogP contribution in [0.3, 0.4) is 0 Å². The third-order valence-electron chi connectivity index (χ3n) is 5.94. The summed E-state index contributed by atoms with van der Waals surface area (Å²) in [4.78, 5) is 42.0. The average molecular weight is 452 g/mol. The SMILES string of the molecule is Cc1cc[n+](C2=C(c3c(-c4ccccc4)[nH]n(C)c3=O)C(=O)N(Cc3ccccc3)C2=O)cc1. The summed E-state index contributed by atoms with van der Waals surface area (Å²) in [5.74, 6) is -0.939. The fourth-order valence-electron chi connectivity index (χ4n) is 4.18. The van der Waals surface area contributed by atoms with E-state index < -0.39 is 11.8 Å². The molecule has 0 radical (unpaired) electrons. The van der Waals surface area contributed by atoms with Crippen molar-refractivity contribution in [2.24, 2.45) is 7.05 Å². The van der Waals surface area contributed by atoms with Crippen LogP contribution >= 0.6 is 0 Å². The van der Waals surface area contributed by atoms with Crippen molar-refractivity contribution in [3.8, 4) is 11.3 Å². The lowest BCUT2D eigenvalue weighted by Gasteiger charge is -2.13. The minimum Gasteiger partial charge on any atom is -0.295 e. The zero-order chi connectivity index (χ0) is 23.8. The number of amides is 2. The molecular weight excluding hydrogens is 428 g/mol. The number of rotatable bonds is 5. The zero-order valence-electron chi connectivity index (χ0n) is 18.9. The molecule has 7 nitrogen and oxygen atoms in total. The van der Waals surface area contributed by atoms with Gasteiger partial charge in [0.2, 0.25) is 0 Å². The molecule has 0 aliphatic carbocycles. The molecule has 34 heavy (non-hydrogen) atoms. The molecule has 0 unspecified atom stereocenters. The van der Waals surface area contributed by atoms with Gasteiger partial charge in [0.25, 0.3) is 17.2 Å². The maximum Gasteiger partial charge on any atom is 0.327 e. The number of carbonyl (C=O) groups excluding carboxylic acids is 2. The average Bonchev–Trinajstić information content (AvgIpc) is 3.28. The summed E-state index contributed by atoms with van der Waals surface area (Å²) in [6, 6.07) is 22.4. The van der Waals surface area contributed by atoms with E-state index in [0.717, 1.165) is 16.7 Å². The molecule has 0 fully saturated rings. The molecule has 1 aliphatic heterocycles. The minimum atomic E-state index is -0.495.